The van der Waals surface area contributed by atoms with E-state index in [1.54, 1.807) is 24.3 Å². The van der Waals surface area contributed by atoms with Gasteiger partial charge in [-0.25, -0.2) is 19.2 Å². The number of amides is 1. The third-order valence-electron chi connectivity index (χ3n) is 3.52. The third-order valence-corrected chi connectivity index (χ3v) is 3.52. The average Bonchev–Trinajstić information content (AvgIpc) is 2.74. The summed E-state index contributed by atoms with van der Waals surface area (Å²) in [4.78, 5) is 57.0. The van der Waals surface area contributed by atoms with E-state index in [-0.39, 0.29) is 6.42 Å². The number of methoxy groups -OCH3 is 2. The molecular formula is C19H23NO10. The summed E-state index contributed by atoms with van der Waals surface area (Å²) >= 11 is 0. The normalized spacial score (nSPS) is 10.9. The maximum Gasteiger partial charge on any atom is 0.344 e. The fourth-order valence-corrected chi connectivity index (χ4v) is 2.07. The summed E-state index contributed by atoms with van der Waals surface area (Å²) in [6, 6.07) is 5.34. The lowest BCUT2D eigenvalue weighted by atomic mass is 10.1. The summed E-state index contributed by atoms with van der Waals surface area (Å²) in [5.41, 5.74) is 0.657. The van der Waals surface area contributed by atoms with E-state index in [0.29, 0.717) is 11.3 Å². The Morgan fingerprint density at radius 2 is 1.40 bits per heavy atom. The monoisotopic (exact) mass is 425 g/mol. The molecule has 1 atom stereocenters. The van der Waals surface area contributed by atoms with Crippen LogP contribution >= 0.6 is 0 Å². The molecule has 1 amide bonds. The van der Waals surface area contributed by atoms with Crippen molar-refractivity contribution in [1.29, 1.82) is 0 Å². The highest BCUT2D eigenvalue weighted by Gasteiger charge is 2.22. The van der Waals surface area contributed by atoms with Gasteiger partial charge in [-0.1, -0.05) is 12.1 Å². The van der Waals surface area contributed by atoms with E-state index in [1.165, 1.54) is 14.0 Å². The predicted octanol–water partition coefficient (Wildman–Crippen LogP) is -0.455. The number of esters is 4. The Kier molecular flexibility index (Phi) is 10.4. The van der Waals surface area contributed by atoms with Gasteiger partial charge in [-0.15, -0.1) is 0 Å². The van der Waals surface area contributed by atoms with Gasteiger partial charge in [0.2, 0.25) is 5.91 Å². The van der Waals surface area contributed by atoms with E-state index >= 15 is 0 Å². The molecular weight excluding hydrogens is 402 g/mol. The van der Waals surface area contributed by atoms with Crippen LogP contribution in [0, 0.1) is 0 Å². The number of hydrogen-bond acceptors (Lipinski definition) is 10. The highest BCUT2D eigenvalue weighted by molar-refractivity contribution is 5.85. The Balaban J connectivity index is 2.60. The summed E-state index contributed by atoms with van der Waals surface area (Å²) in [6.45, 7) is -0.236. The third kappa shape index (κ3) is 9.53. The molecule has 30 heavy (non-hydrogen) atoms. The maximum absolute atomic E-state index is 12.1. The first-order chi connectivity index (χ1) is 14.2. The number of carbonyl (C=O) groups is 5. The van der Waals surface area contributed by atoms with Gasteiger partial charge in [0.1, 0.15) is 11.8 Å². The quantitative estimate of drug-likeness (QED) is 0.365. The molecule has 0 aromatic heterocycles. The van der Waals surface area contributed by atoms with Crippen LogP contribution in [0.2, 0.25) is 0 Å². The van der Waals surface area contributed by atoms with Crippen molar-refractivity contribution in [1.82, 2.24) is 5.32 Å². The Morgan fingerprint density at radius 3 is 1.93 bits per heavy atom. The van der Waals surface area contributed by atoms with Crippen molar-refractivity contribution in [2.75, 3.05) is 34.0 Å². The van der Waals surface area contributed by atoms with Crippen LogP contribution in [0.4, 0.5) is 0 Å². The number of carbonyl (C=O) groups excluding carboxylic acids is 5. The molecule has 0 fully saturated rings. The van der Waals surface area contributed by atoms with E-state index in [4.69, 9.17) is 9.47 Å². The van der Waals surface area contributed by atoms with Crippen molar-refractivity contribution in [3.63, 3.8) is 0 Å². The van der Waals surface area contributed by atoms with Crippen molar-refractivity contribution in [3.05, 3.63) is 29.8 Å². The smallest absolute Gasteiger partial charge is 0.344 e. The molecule has 11 nitrogen and oxygen atoms in total. The molecule has 1 unspecified atom stereocenters. The lowest BCUT2D eigenvalue weighted by Crippen LogP contribution is -2.42. The lowest BCUT2D eigenvalue weighted by Gasteiger charge is -2.16. The Bertz CT molecular complexity index is 759. The molecule has 1 rings (SSSR count). The summed E-state index contributed by atoms with van der Waals surface area (Å²) in [6.07, 6.45) is 0.0983. The lowest BCUT2D eigenvalue weighted by molar-refractivity contribution is -0.158. The van der Waals surface area contributed by atoms with Crippen LogP contribution in [0.25, 0.3) is 0 Å². The Hall–Kier alpha value is -3.63. The van der Waals surface area contributed by atoms with E-state index in [2.05, 4.69) is 19.5 Å². The number of hydrogen-bond donors (Lipinski definition) is 1. The highest BCUT2D eigenvalue weighted by Crippen LogP contribution is 2.14. The second-order valence-electron chi connectivity index (χ2n) is 5.81. The SMILES string of the molecule is COC(=O)COC(=O)COc1ccc(CC(NC(C)=O)C(=O)OCC(=O)OC)cc1. The largest absolute Gasteiger partial charge is 0.482 e. The van der Waals surface area contributed by atoms with Gasteiger partial charge >= 0.3 is 23.9 Å². The molecule has 0 bridgehead atoms. The Morgan fingerprint density at radius 1 is 0.833 bits per heavy atom. The molecule has 0 radical (unpaired) electrons. The second-order valence-corrected chi connectivity index (χ2v) is 5.81. The molecule has 0 heterocycles. The summed E-state index contributed by atoms with van der Waals surface area (Å²) < 4.78 is 23.4. The van der Waals surface area contributed by atoms with Crippen molar-refractivity contribution in [3.8, 4) is 5.75 Å². The molecule has 11 heteroatoms. The van der Waals surface area contributed by atoms with Crippen LogP contribution in [0.1, 0.15) is 12.5 Å². The van der Waals surface area contributed by atoms with Gasteiger partial charge in [-0.3, -0.25) is 4.79 Å². The summed E-state index contributed by atoms with van der Waals surface area (Å²) in [5.74, 6) is -3.05. The van der Waals surface area contributed by atoms with Crippen molar-refractivity contribution in [2.45, 2.75) is 19.4 Å². The number of nitrogens with one attached hydrogen (secondary N) is 1. The molecule has 0 aliphatic rings. The highest BCUT2D eigenvalue weighted by atomic mass is 16.6. The van der Waals surface area contributed by atoms with E-state index in [9.17, 15) is 24.0 Å². The van der Waals surface area contributed by atoms with Gasteiger partial charge in [0.05, 0.1) is 14.2 Å². The molecule has 0 saturated carbocycles. The average molecular weight is 425 g/mol. The van der Waals surface area contributed by atoms with Crippen LogP contribution < -0.4 is 10.1 Å². The van der Waals surface area contributed by atoms with Gasteiger partial charge < -0.3 is 29.0 Å². The van der Waals surface area contributed by atoms with Crippen LogP contribution in [0.3, 0.4) is 0 Å². The van der Waals surface area contributed by atoms with E-state index in [1.807, 2.05) is 0 Å². The number of ether oxygens (including phenoxy) is 5. The Labute approximate surface area is 172 Å². The molecule has 1 N–H and O–H groups in total. The number of benzene rings is 1. The standard InChI is InChI=1S/C19H23NO10/c1-12(21)20-15(19(25)30-10-17(23)27-3)8-13-4-6-14(7-5-13)28-11-18(24)29-9-16(22)26-2/h4-7,15H,8-11H2,1-3H3,(H,20,21). The fourth-order valence-electron chi connectivity index (χ4n) is 2.07. The first-order valence-corrected chi connectivity index (χ1v) is 8.69. The zero-order valence-electron chi connectivity index (χ0n) is 16.8. The van der Waals surface area contributed by atoms with E-state index < -0.39 is 55.6 Å². The second kappa shape index (κ2) is 12.8. The minimum absolute atomic E-state index is 0.0983. The molecule has 164 valence electrons. The van der Waals surface area contributed by atoms with Crippen molar-refractivity contribution >= 4 is 29.8 Å². The van der Waals surface area contributed by atoms with Crippen molar-refractivity contribution < 1.29 is 47.7 Å². The molecule has 0 aliphatic carbocycles. The topological polar surface area (TPSA) is 144 Å². The van der Waals surface area contributed by atoms with Crippen LogP contribution in [0.15, 0.2) is 24.3 Å². The van der Waals surface area contributed by atoms with Gasteiger partial charge in [-0.05, 0) is 17.7 Å². The van der Waals surface area contributed by atoms with Crippen LogP contribution in [0.5, 0.6) is 5.75 Å². The zero-order valence-corrected chi connectivity index (χ0v) is 16.8. The first-order valence-electron chi connectivity index (χ1n) is 8.69. The van der Waals surface area contributed by atoms with Crippen LogP contribution in [-0.4, -0.2) is 69.9 Å². The molecule has 0 aliphatic heterocycles. The van der Waals surface area contributed by atoms with Gasteiger partial charge in [-0.2, -0.15) is 0 Å². The fraction of sp³-hybridized carbons (Fsp3) is 0.421. The van der Waals surface area contributed by atoms with Gasteiger partial charge in [0.25, 0.3) is 0 Å². The van der Waals surface area contributed by atoms with Crippen LogP contribution in [-0.2, 0) is 49.3 Å². The maximum atomic E-state index is 12.1. The minimum Gasteiger partial charge on any atom is -0.482 e. The molecule has 1 aromatic rings. The predicted molar refractivity (Wildman–Crippen MR) is 99.2 cm³/mol. The number of rotatable bonds is 11. The molecule has 0 spiro atoms. The molecule has 0 saturated heterocycles. The van der Waals surface area contributed by atoms with Crippen molar-refractivity contribution in [2.24, 2.45) is 0 Å². The van der Waals surface area contributed by atoms with Gasteiger partial charge in [0, 0.05) is 13.3 Å². The minimum atomic E-state index is -1.01. The zero-order chi connectivity index (χ0) is 22.5. The van der Waals surface area contributed by atoms with Gasteiger partial charge in [0.15, 0.2) is 19.8 Å². The summed E-state index contributed by atoms with van der Waals surface area (Å²) in [5, 5.41) is 2.46. The van der Waals surface area contributed by atoms with E-state index in [0.717, 1.165) is 7.11 Å². The molecule has 1 aromatic carbocycles. The summed E-state index contributed by atoms with van der Waals surface area (Å²) in [7, 11) is 2.33. The first kappa shape index (κ1) is 24.4.